The summed E-state index contributed by atoms with van der Waals surface area (Å²) in [4.78, 5) is 15.5. The van der Waals surface area contributed by atoms with Gasteiger partial charge in [-0.3, -0.25) is 0 Å². The van der Waals surface area contributed by atoms with Gasteiger partial charge in [-0.2, -0.15) is 0 Å². The van der Waals surface area contributed by atoms with Gasteiger partial charge in [0.1, 0.15) is 0 Å². The molecule has 3 aromatic rings. The molecular formula is C20H19N3O2. The van der Waals surface area contributed by atoms with Crippen molar-refractivity contribution in [2.45, 2.75) is 20.8 Å². The van der Waals surface area contributed by atoms with Crippen LogP contribution in [0.1, 0.15) is 39.0 Å². The van der Waals surface area contributed by atoms with Crippen LogP contribution in [0, 0.1) is 32.6 Å². The molecule has 1 aromatic carbocycles. The van der Waals surface area contributed by atoms with Crippen LogP contribution in [-0.2, 0) is 7.05 Å². The third-order valence-corrected chi connectivity index (χ3v) is 4.17. The van der Waals surface area contributed by atoms with E-state index in [4.69, 9.17) is 0 Å². The first-order valence-corrected chi connectivity index (χ1v) is 7.92. The zero-order chi connectivity index (χ0) is 18.1. The number of benzene rings is 1. The van der Waals surface area contributed by atoms with Gasteiger partial charge >= 0.3 is 5.97 Å². The van der Waals surface area contributed by atoms with Crippen molar-refractivity contribution in [2.75, 3.05) is 0 Å². The van der Waals surface area contributed by atoms with Gasteiger partial charge in [0.05, 0.1) is 5.69 Å². The third kappa shape index (κ3) is 3.07. The molecule has 0 atom stereocenters. The van der Waals surface area contributed by atoms with Crippen LogP contribution >= 0.6 is 0 Å². The van der Waals surface area contributed by atoms with Gasteiger partial charge < -0.3 is 14.2 Å². The Bertz CT molecular complexity index is 1010. The Morgan fingerprint density at radius 3 is 2.36 bits per heavy atom. The van der Waals surface area contributed by atoms with Crippen LogP contribution in [0.5, 0.6) is 0 Å². The molecule has 0 amide bonds. The van der Waals surface area contributed by atoms with E-state index in [1.54, 1.807) is 14.0 Å². The molecule has 0 spiro atoms. The fourth-order valence-electron chi connectivity index (χ4n) is 2.97. The van der Waals surface area contributed by atoms with E-state index in [2.05, 4.69) is 47.4 Å². The topological polar surface area (TPSA) is 60.0 Å². The van der Waals surface area contributed by atoms with E-state index < -0.39 is 5.97 Å². The predicted octanol–water partition coefficient (Wildman–Crippen LogP) is 3.23. The van der Waals surface area contributed by atoms with Gasteiger partial charge in [-0.25, -0.2) is 9.78 Å². The summed E-state index contributed by atoms with van der Waals surface area (Å²) in [6.07, 6.45) is 0. The summed E-state index contributed by atoms with van der Waals surface area (Å²) in [5.41, 5.74) is 4.85. The summed E-state index contributed by atoms with van der Waals surface area (Å²) < 4.78 is 3.67. The molecule has 25 heavy (non-hydrogen) atoms. The monoisotopic (exact) mass is 333 g/mol. The number of imidazole rings is 1. The predicted molar refractivity (Wildman–Crippen MR) is 96.1 cm³/mol. The highest BCUT2D eigenvalue weighted by Gasteiger charge is 2.16. The van der Waals surface area contributed by atoms with E-state index in [1.807, 2.05) is 24.3 Å². The van der Waals surface area contributed by atoms with Crippen molar-refractivity contribution >= 4 is 5.97 Å². The average molecular weight is 333 g/mol. The molecule has 0 bridgehead atoms. The Morgan fingerprint density at radius 1 is 1.08 bits per heavy atom. The lowest BCUT2D eigenvalue weighted by Crippen LogP contribution is -2.07. The summed E-state index contributed by atoms with van der Waals surface area (Å²) in [5, 5.41) is 9.23. The number of rotatable bonds is 2. The lowest BCUT2D eigenvalue weighted by molar-refractivity contribution is 0.0685. The molecule has 0 unspecified atom stereocenters. The molecule has 0 radical (unpaired) electrons. The van der Waals surface area contributed by atoms with Crippen molar-refractivity contribution < 1.29 is 9.90 Å². The van der Waals surface area contributed by atoms with Crippen molar-refractivity contribution in [3.05, 3.63) is 70.6 Å². The first kappa shape index (κ1) is 16.6. The van der Waals surface area contributed by atoms with E-state index in [1.165, 1.54) is 4.57 Å². The highest BCUT2D eigenvalue weighted by atomic mass is 16.4. The van der Waals surface area contributed by atoms with Crippen LogP contribution in [0.2, 0.25) is 0 Å². The SMILES string of the molecule is Cc1nc(C#Cc2cccc(-n3c(C)ccc3C)c2)n(C)c1C(=O)O. The van der Waals surface area contributed by atoms with Crippen molar-refractivity contribution in [1.82, 2.24) is 14.1 Å². The maximum Gasteiger partial charge on any atom is 0.354 e. The van der Waals surface area contributed by atoms with E-state index in [-0.39, 0.29) is 5.69 Å². The number of nitrogens with zero attached hydrogens (tertiary/aromatic N) is 3. The van der Waals surface area contributed by atoms with Gasteiger partial charge in [-0.15, -0.1) is 0 Å². The molecule has 0 saturated heterocycles. The van der Waals surface area contributed by atoms with Crippen LogP contribution in [0.15, 0.2) is 36.4 Å². The Labute approximate surface area is 146 Å². The fraction of sp³-hybridized carbons (Fsp3) is 0.200. The molecule has 0 aliphatic carbocycles. The lowest BCUT2D eigenvalue weighted by atomic mass is 10.2. The highest BCUT2D eigenvalue weighted by Crippen LogP contribution is 2.17. The second-order valence-corrected chi connectivity index (χ2v) is 5.99. The number of aromatic carboxylic acids is 1. The molecule has 5 heteroatoms. The first-order chi connectivity index (χ1) is 11.9. The molecule has 3 rings (SSSR count). The fourth-order valence-corrected chi connectivity index (χ4v) is 2.97. The number of carbonyl (C=O) groups is 1. The number of carboxylic acids is 1. The lowest BCUT2D eigenvalue weighted by Gasteiger charge is -2.09. The second kappa shape index (κ2) is 6.33. The molecule has 0 aliphatic rings. The molecule has 5 nitrogen and oxygen atoms in total. The summed E-state index contributed by atoms with van der Waals surface area (Å²) in [7, 11) is 1.66. The number of aryl methyl sites for hydroxylation is 3. The Kier molecular flexibility index (Phi) is 4.20. The summed E-state index contributed by atoms with van der Waals surface area (Å²) >= 11 is 0. The van der Waals surface area contributed by atoms with Crippen molar-refractivity contribution in [3.8, 4) is 17.5 Å². The van der Waals surface area contributed by atoms with Gasteiger partial charge in [-0.05, 0) is 57.0 Å². The first-order valence-electron chi connectivity index (χ1n) is 7.92. The van der Waals surface area contributed by atoms with Gasteiger partial charge in [-0.1, -0.05) is 12.0 Å². The molecule has 0 saturated carbocycles. The third-order valence-electron chi connectivity index (χ3n) is 4.17. The minimum atomic E-state index is -0.999. The van der Waals surface area contributed by atoms with Crippen LogP contribution in [0.4, 0.5) is 0 Å². The molecule has 1 N–H and O–H groups in total. The van der Waals surface area contributed by atoms with Gasteiger partial charge in [0.15, 0.2) is 11.5 Å². The van der Waals surface area contributed by atoms with Crippen LogP contribution in [-0.4, -0.2) is 25.2 Å². The van der Waals surface area contributed by atoms with Gasteiger partial charge in [0, 0.05) is 29.7 Å². The number of carboxylic acid groups (broad SMARTS) is 1. The maximum absolute atomic E-state index is 11.3. The zero-order valence-electron chi connectivity index (χ0n) is 14.7. The summed E-state index contributed by atoms with van der Waals surface area (Å²) in [5.74, 6) is 5.50. The number of hydrogen-bond donors (Lipinski definition) is 1. The standard InChI is InChI=1S/C20H19N3O2/c1-13-8-9-14(2)23(13)17-7-5-6-16(12-17)10-11-18-21-15(3)19(20(24)25)22(18)4/h5-9,12H,1-4H3,(H,24,25). The minimum absolute atomic E-state index is 0.164. The Morgan fingerprint density at radius 2 is 1.76 bits per heavy atom. The average Bonchev–Trinajstić information content (AvgIpc) is 3.04. The Balaban J connectivity index is 1.99. The smallest absolute Gasteiger partial charge is 0.354 e. The molecule has 126 valence electrons. The van der Waals surface area contributed by atoms with Crippen molar-refractivity contribution in [1.29, 1.82) is 0 Å². The van der Waals surface area contributed by atoms with Crippen LogP contribution < -0.4 is 0 Å². The maximum atomic E-state index is 11.3. The molecule has 2 aromatic heterocycles. The van der Waals surface area contributed by atoms with E-state index in [9.17, 15) is 9.90 Å². The van der Waals surface area contributed by atoms with E-state index in [0.717, 1.165) is 22.6 Å². The summed E-state index contributed by atoms with van der Waals surface area (Å²) in [6, 6.07) is 12.1. The van der Waals surface area contributed by atoms with E-state index >= 15 is 0 Å². The Hall–Kier alpha value is -3.26. The van der Waals surface area contributed by atoms with Crippen molar-refractivity contribution in [2.24, 2.45) is 7.05 Å². The normalized spacial score (nSPS) is 10.4. The second-order valence-electron chi connectivity index (χ2n) is 5.99. The van der Waals surface area contributed by atoms with Gasteiger partial charge in [0.2, 0.25) is 0 Å². The van der Waals surface area contributed by atoms with Crippen molar-refractivity contribution in [3.63, 3.8) is 0 Å². The summed E-state index contributed by atoms with van der Waals surface area (Å²) in [6.45, 7) is 5.80. The zero-order valence-corrected chi connectivity index (χ0v) is 14.7. The minimum Gasteiger partial charge on any atom is -0.477 e. The van der Waals surface area contributed by atoms with Gasteiger partial charge in [0.25, 0.3) is 0 Å². The molecule has 2 heterocycles. The quantitative estimate of drug-likeness (QED) is 0.733. The molecule has 0 aliphatic heterocycles. The highest BCUT2D eigenvalue weighted by molar-refractivity contribution is 5.87. The van der Waals surface area contributed by atoms with E-state index in [0.29, 0.717) is 11.5 Å². The van der Waals surface area contributed by atoms with Crippen LogP contribution in [0.25, 0.3) is 5.69 Å². The van der Waals surface area contributed by atoms with Crippen LogP contribution in [0.3, 0.4) is 0 Å². The largest absolute Gasteiger partial charge is 0.477 e. The number of hydrogen-bond acceptors (Lipinski definition) is 2. The molecule has 0 fully saturated rings. The number of aromatic nitrogens is 3. The molecular weight excluding hydrogens is 314 g/mol.